The molecule has 0 bridgehead atoms. The van der Waals surface area contributed by atoms with Gasteiger partial charge in [-0.3, -0.25) is 0 Å². The van der Waals surface area contributed by atoms with Gasteiger partial charge in [0.2, 0.25) is 0 Å². The van der Waals surface area contributed by atoms with E-state index in [4.69, 9.17) is 0 Å². The van der Waals surface area contributed by atoms with E-state index in [0.29, 0.717) is 17.7 Å². The van der Waals surface area contributed by atoms with Crippen LogP contribution in [0.3, 0.4) is 0 Å². The maximum Gasteiger partial charge on any atom is 0.416 e. The standard InChI is InChI=1S/C11H14F3N/c1-8-4-9(7-15(2)3)6-10(5-8)11(12,13)14/h4-6H,7H2,1-3H3. The molecule has 0 heterocycles. The Kier molecular flexibility index (Phi) is 3.39. The van der Waals surface area contributed by atoms with E-state index in [1.54, 1.807) is 13.0 Å². The third-order valence-corrected chi connectivity index (χ3v) is 1.96. The minimum Gasteiger partial charge on any atom is -0.305 e. The van der Waals surface area contributed by atoms with Crippen molar-refractivity contribution in [2.75, 3.05) is 14.1 Å². The molecule has 0 radical (unpaired) electrons. The third kappa shape index (κ3) is 3.55. The number of benzene rings is 1. The normalized spacial score (nSPS) is 12.2. The molecule has 1 rings (SSSR count). The molecule has 1 aromatic rings. The van der Waals surface area contributed by atoms with E-state index >= 15 is 0 Å². The second-order valence-corrected chi connectivity index (χ2v) is 3.94. The summed E-state index contributed by atoms with van der Waals surface area (Å²) in [6, 6.07) is 4.14. The van der Waals surface area contributed by atoms with Crippen LogP contribution in [0, 0.1) is 6.92 Å². The molecule has 0 fully saturated rings. The maximum absolute atomic E-state index is 12.5. The average Bonchev–Trinajstić information content (AvgIpc) is 1.99. The smallest absolute Gasteiger partial charge is 0.305 e. The van der Waals surface area contributed by atoms with Gasteiger partial charge in [0.1, 0.15) is 0 Å². The first-order valence-corrected chi connectivity index (χ1v) is 4.61. The third-order valence-electron chi connectivity index (χ3n) is 1.96. The van der Waals surface area contributed by atoms with E-state index in [-0.39, 0.29) is 0 Å². The van der Waals surface area contributed by atoms with Gasteiger partial charge in [-0.25, -0.2) is 0 Å². The number of aryl methyl sites for hydroxylation is 1. The lowest BCUT2D eigenvalue weighted by Crippen LogP contribution is -2.12. The number of hydrogen-bond acceptors (Lipinski definition) is 1. The zero-order valence-electron chi connectivity index (χ0n) is 9.02. The van der Waals surface area contributed by atoms with Crippen LogP contribution < -0.4 is 0 Å². The highest BCUT2D eigenvalue weighted by atomic mass is 19.4. The Morgan fingerprint density at radius 3 is 2.20 bits per heavy atom. The summed E-state index contributed by atoms with van der Waals surface area (Å²) in [5.41, 5.74) is 0.758. The van der Waals surface area contributed by atoms with E-state index in [2.05, 4.69) is 0 Å². The highest BCUT2D eigenvalue weighted by Gasteiger charge is 2.30. The highest BCUT2D eigenvalue weighted by molar-refractivity contribution is 5.31. The Morgan fingerprint density at radius 1 is 1.13 bits per heavy atom. The average molecular weight is 217 g/mol. The molecule has 0 aliphatic heterocycles. The highest BCUT2D eigenvalue weighted by Crippen LogP contribution is 2.30. The largest absolute Gasteiger partial charge is 0.416 e. The molecule has 0 aromatic heterocycles. The summed E-state index contributed by atoms with van der Waals surface area (Å²) in [6.45, 7) is 2.19. The molecule has 0 aliphatic carbocycles. The second-order valence-electron chi connectivity index (χ2n) is 3.94. The van der Waals surface area contributed by atoms with Gasteiger partial charge in [-0.1, -0.05) is 11.6 Å². The van der Waals surface area contributed by atoms with Crippen molar-refractivity contribution in [3.05, 3.63) is 34.9 Å². The summed E-state index contributed by atoms with van der Waals surface area (Å²) in [5.74, 6) is 0. The Hall–Kier alpha value is -1.03. The molecule has 0 N–H and O–H groups in total. The number of rotatable bonds is 2. The van der Waals surface area contributed by atoms with Crippen LogP contribution in [0.5, 0.6) is 0 Å². The molecule has 0 unspecified atom stereocenters. The molecule has 4 heteroatoms. The fraction of sp³-hybridized carbons (Fsp3) is 0.455. The SMILES string of the molecule is Cc1cc(CN(C)C)cc(C(F)(F)F)c1. The van der Waals surface area contributed by atoms with Crippen LogP contribution in [-0.2, 0) is 12.7 Å². The van der Waals surface area contributed by atoms with Gasteiger partial charge < -0.3 is 4.90 Å². The van der Waals surface area contributed by atoms with Crippen molar-refractivity contribution in [2.45, 2.75) is 19.6 Å². The maximum atomic E-state index is 12.5. The van der Waals surface area contributed by atoms with Crippen molar-refractivity contribution in [2.24, 2.45) is 0 Å². The molecule has 0 saturated carbocycles. The molecule has 1 aromatic carbocycles. The Bertz CT molecular complexity index is 342. The molecular weight excluding hydrogens is 203 g/mol. The summed E-state index contributed by atoms with van der Waals surface area (Å²) in [4.78, 5) is 1.84. The predicted octanol–water partition coefficient (Wildman–Crippen LogP) is 3.08. The van der Waals surface area contributed by atoms with Crippen LogP contribution in [0.15, 0.2) is 18.2 Å². The molecule has 0 saturated heterocycles. The molecule has 0 atom stereocenters. The summed E-state index contributed by atoms with van der Waals surface area (Å²) >= 11 is 0. The van der Waals surface area contributed by atoms with E-state index in [1.165, 1.54) is 12.1 Å². The number of nitrogens with zero attached hydrogens (tertiary/aromatic N) is 1. The van der Waals surface area contributed by atoms with Crippen molar-refractivity contribution in [1.29, 1.82) is 0 Å². The molecule has 0 aliphatic rings. The number of alkyl halides is 3. The van der Waals surface area contributed by atoms with Crippen LogP contribution in [0.2, 0.25) is 0 Å². The van der Waals surface area contributed by atoms with Gasteiger partial charge in [-0.05, 0) is 38.7 Å². The van der Waals surface area contributed by atoms with Crippen LogP contribution in [0.4, 0.5) is 13.2 Å². The first-order valence-electron chi connectivity index (χ1n) is 4.61. The second kappa shape index (κ2) is 4.23. The van der Waals surface area contributed by atoms with Gasteiger partial charge in [0.15, 0.2) is 0 Å². The van der Waals surface area contributed by atoms with Gasteiger partial charge in [0, 0.05) is 6.54 Å². The lowest BCUT2D eigenvalue weighted by Gasteiger charge is -2.13. The Balaban J connectivity index is 3.06. The lowest BCUT2D eigenvalue weighted by atomic mass is 10.1. The monoisotopic (exact) mass is 217 g/mol. The zero-order chi connectivity index (χ0) is 11.6. The quantitative estimate of drug-likeness (QED) is 0.735. The summed E-state index contributed by atoms with van der Waals surface area (Å²) in [5, 5.41) is 0. The van der Waals surface area contributed by atoms with Gasteiger partial charge in [-0.15, -0.1) is 0 Å². The van der Waals surface area contributed by atoms with Crippen LogP contribution in [-0.4, -0.2) is 19.0 Å². The zero-order valence-corrected chi connectivity index (χ0v) is 9.02. The predicted molar refractivity (Wildman–Crippen MR) is 53.6 cm³/mol. The first kappa shape index (κ1) is 12.0. The van der Waals surface area contributed by atoms with Gasteiger partial charge in [0.05, 0.1) is 5.56 Å². The summed E-state index contributed by atoms with van der Waals surface area (Å²) in [6.07, 6.45) is -4.26. The van der Waals surface area contributed by atoms with E-state index in [9.17, 15) is 13.2 Å². The topological polar surface area (TPSA) is 3.24 Å². The van der Waals surface area contributed by atoms with Crippen LogP contribution >= 0.6 is 0 Å². The fourth-order valence-corrected chi connectivity index (χ4v) is 1.48. The Labute approximate surface area is 87.5 Å². The van der Waals surface area contributed by atoms with Crippen molar-refractivity contribution < 1.29 is 13.2 Å². The molecule has 0 amide bonds. The lowest BCUT2D eigenvalue weighted by molar-refractivity contribution is -0.137. The van der Waals surface area contributed by atoms with Crippen molar-refractivity contribution >= 4 is 0 Å². The van der Waals surface area contributed by atoms with Gasteiger partial charge >= 0.3 is 6.18 Å². The van der Waals surface area contributed by atoms with E-state index in [0.717, 1.165) is 0 Å². The van der Waals surface area contributed by atoms with Gasteiger partial charge in [-0.2, -0.15) is 13.2 Å². The Morgan fingerprint density at radius 2 is 1.73 bits per heavy atom. The fourth-order valence-electron chi connectivity index (χ4n) is 1.48. The van der Waals surface area contributed by atoms with Crippen molar-refractivity contribution in [3.8, 4) is 0 Å². The minimum absolute atomic E-state index is 0.519. The van der Waals surface area contributed by atoms with Crippen molar-refractivity contribution in [1.82, 2.24) is 4.90 Å². The summed E-state index contributed by atoms with van der Waals surface area (Å²) in [7, 11) is 3.66. The summed E-state index contributed by atoms with van der Waals surface area (Å²) < 4.78 is 37.4. The van der Waals surface area contributed by atoms with Crippen LogP contribution in [0.1, 0.15) is 16.7 Å². The number of hydrogen-bond donors (Lipinski definition) is 0. The van der Waals surface area contributed by atoms with Crippen LogP contribution in [0.25, 0.3) is 0 Å². The minimum atomic E-state index is -4.26. The van der Waals surface area contributed by atoms with E-state index < -0.39 is 11.7 Å². The molecule has 15 heavy (non-hydrogen) atoms. The molecule has 0 spiro atoms. The molecular formula is C11H14F3N. The number of halogens is 3. The first-order chi connectivity index (χ1) is 6.79. The van der Waals surface area contributed by atoms with Crippen molar-refractivity contribution in [3.63, 3.8) is 0 Å². The van der Waals surface area contributed by atoms with Gasteiger partial charge in [0.25, 0.3) is 0 Å². The van der Waals surface area contributed by atoms with E-state index in [1.807, 2.05) is 19.0 Å². The molecule has 1 nitrogen and oxygen atoms in total. The molecule has 84 valence electrons.